The van der Waals surface area contributed by atoms with Crippen molar-refractivity contribution in [2.24, 2.45) is 0 Å². The average molecular weight is 293 g/mol. The largest absolute Gasteiger partial charge is 0.347 e. The molecule has 0 aliphatic carbocycles. The first-order valence-electron chi connectivity index (χ1n) is 5.94. The molecule has 0 atom stereocenters. The molecule has 110 valence electrons. The lowest BCUT2D eigenvalue weighted by molar-refractivity contribution is -0.142. The minimum Gasteiger partial charge on any atom is -0.347 e. The molecule has 8 nitrogen and oxygen atoms in total. The van der Waals surface area contributed by atoms with Gasteiger partial charge in [0.1, 0.15) is 5.69 Å². The third-order valence-corrected chi connectivity index (χ3v) is 2.65. The van der Waals surface area contributed by atoms with E-state index in [1.165, 1.54) is 4.68 Å². The van der Waals surface area contributed by atoms with E-state index in [2.05, 4.69) is 14.5 Å². The maximum atomic E-state index is 10.8. The molecule has 1 aromatic heterocycles. The van der Waals surface area contributed by atoms with Crippen LogP contribution in [0.1, 0.15) is 25.8 Å². The minimum absolute atomic E-state index is 0.00949. The van der Waals surface area contributed by atoms with Gasteiger partial charge in [-0.05, 0) is 13.8 Å². The number of hydrogen-bond donors (Lipinski definition) is 0. The lowest BCUT2D eigenvalue weighted by Gasteiger charge is -2.13. The highest BCUT2D eigenvalue weighted by Crippen LogP contribution is 2.15. The van der Waals surface area contributed by atoms with Gasteiger partial charge in [0, 0.05) is 13.2 Å². The van der Waals surface area contributed by atoms with Crippen LogP contribution < -0.4 is 0 Å². The molecule has 0 aliphatic rings. The van der Waals surface area contributed by atoms with Gasteiger partial charge in [0.05, 0.1) is 25.6 Å². The number of rotatable bonds is 9. The van der Waals surface area contributed by atoms with Crippen LogP contribution in [-0.4, -0.2) is 49.5 Å². The van der Waals surface area contributed by atoms with Crippen molar-refractivity contribution in [2.45, 2.75) is 26.7 Å². The maximum Gasteiger partial charge on any atom is 0.264 e. The van der Waals surface area contributed by atoms with Crippen molar-refractivity contribution in [3.05, 3.63) is 11.9 Å². The summed E-state index contributed by atoms with van der Waals surface area (Å²) in [4.78, 5) is 0. The molecule has 0 amide bonds. The van der Waals surface area contributed by atoms with Crippen LogP contribution in [0.3, 0.4) is 0 Å². The smallest absolute Gasteiger partial charge is 0.264 e. The van der Waals surface area contributed by atoms with Gasteiger partial charge in [-0.2, -0.15) is 8.42 Å². The van der Waals surface area contributed by atoms with E-state index >= 15 is 0 Å². The van der Waals surface area contributed by atoms with E-state index in [1.807, 2.05) is 13.8 Å². The molecule has 9 heteroatoms. The van der Waals surface area contributed by atoms with Crippen LogP contribution in [0.5, 0.6) is 0 Å². The van der Waals surface area contributed by atoms with Gasteiger partial charge in [0.25, 0.3) is 10.1 Å². The van der Waals surface area contributed by atoms with Crippen LogP contribution in [0.2, 0.25) is 0 Å². The van der Waals surface area contributed by atoms with Crippen LogP contribution in [0.15, 0.2) is 6.20 Å². The Morgan fingerprint density at radius 1 is 1.32 bits per heavy atom. The van der Waals surface area contributed by atoms with E-state index in [4.69, 9.17) is 9.47 Å². The van der Waals surface area contributed by atoms with Gasteiger partial charge in [-0.1, -0.05) is 5.21 Å². The molecular weight excluding hydrogens is 274 g/mol. The molecule has 0 aliphatic heterocycles. The molecule has 1 aromatic rings. The molecule has 0 radical (unpaired) electrons. The summed E-state index contributed by atoms with van der Waals surface area (Å²) in [6.45, 7) is 5.00. The van der Waals surface area contributed by atoms with Crippen molar-refractivity contribution < 1.29 is 22.1 Å². The van der Waals surface area contributed by atoms with Gasteiger partial charge in [0.15, 0.2) is 0 Å². The van der Waals surface area contributed by atoms with Crippen LogP contribution in [-0.2, 0) is 30.3 Å². The predicted molar refractivity (Wildman–Crippen MR) is 66.8 cm³/mol. The molecule has 0 spiro atoms. The van der Waals surface area contributed by atoms with Gasteiger partial charge >= 0.3 is 0 Å². The fourth-order valence-corrected chi connectivity index (χ4v) is 1.71. The fraction of sp³-hybridized carbons (Fsp3) is 0.800. The minimum atomic E-state index is -3.43. The highest BCUT2D eigenvalue weighted by atomic mass is 32.2. The summed E-state index contributed by atoms with van der Waals surface area (Å²) in [6.07, 6.45) is 2.08. The summed E-state index contributed by atoms with van der Waals surface area (Å²) in [7, 11) is -3.43. The zero-order valence-corrected chi connectivity index (χ0v) is 12.1. The van der Waals surface area contributed by atoms with E-state index in [0.717, 1.165) is 6.26 Å². The number of nitrogens with zero attached hydrogens (tertiary/aromatic N) is 3. The first-order valence-corrected chi connectivity index (χ1v) is 7.75. The molecule has 0 saturated heterocycles. The highest BCUT2D eigenvalue weighted by molar-refractivity contribution is 7.85. The Labute approximate surface area is 112 Å². The van der Waals surface area contributed by atoms with Crippen LogP contribution in [0.25, 0.3) is 0 Å². The monoisotopic (exact) mass is 293 g/mol. The molecule has 0 saturated carbocycles. The lowest BCUT2D eigenvalue weighted by atomic mass is 10.4. The lowest BCUT2D eigenvalue weighted by Crippen LogP contribution is -2.11. The van der Waals surface area contributed by atoms with Gasteiger partial charge in [0.2, 0.25) is 6.29 Å². The predicted octanol–water partition coefficient (Wildman–Crippen LogP) is 0.326. The molecule has 1 heterocycles. The van der Waals surface area contributed by atoms with Crippen LogP contribution >= 0.6 is 0 Å². The molecule has 0 unspecified atom stereocenters. The molecule has 0 fully saturated rings. The summed E-state index contributed by atoms with van der Waals surface area (Å²) in [5.74, 6) is 0. The second-order valence-corrected chi connectivity index (χ2v) is 5.32. The van der Waals surface area contributed by atoms with E-state index in [0.29, 0.717) is 18.9 Å². The van der Waals surface area contributed by atoms with Crippen molar-refractivity contribution in [1.82, 2.24) is 15.0 Å². The van der Waals surface area contributed by atoms with Crippen molar-refractivity contribution in [3.63, 3.8) is 0 Å². The quantitative estimate of drug-likeness (QED) is 0.478. The number of hydrogen-bond acceptors (Lipinski definition) is 7. The standard InChI is InChI=1S/C10H19N3O5S/c1-4-16-10(17-5-2)9-8-13(12-11-9)6-7-18-19(3,14)15/h8,10H,4-7H2,1-3H3. The topological polar surface area (TPSA) is 92.5 Å². The Morgan fingerprint density at radius 3 is 2.47 bits per heavy atom. The van der Waals surface area contributed by atoms with Gasteiger partial charge < -0.3 is 9.47 Å². The van der Waals surface area contributed by atoms with Crippen molar-refractivity contribution in [3.8, 4) is 0 Å². The molecular formula is C10H19N3O5S. The summed E-state index contributed by atoms with van der Waals surface area (Å²) >= 11 is 0. The van der Waals surface area contributed by atoms with E-state index in [1.54, 1.807) is 6.20 Å². The summed E-state index contributed by atoms with van der Waals surface area (Å²) in [5, 5.41) is 7.78. The van der Waals surface area contributed by atoms with E-state index in [9.17, 15) is 8.42 Å². The SMILES string of the molecule is CCOC(OCC)c1cn(CCOS(C)(=O)=O)nn1. The maximum absolute atomic E-state index is 10.8. The zero-order chi connectivity index (χ0) is 14.3. The van der Waals surface area contributed by atoms with Gasteiger partial charge in [-0.25, -0.2) is 4.68 Å². The normalized spacial score (nSPS) is 12.2. The van der Waals surface area contributed by atoms with Crippen molar-refractivity contribution in [2.75, 3.05) is 26.1 Å². The Bertz CT molecular complexity index is 467. The highest BCUT2D eigenvalue weighted by Gasteiger charge is 2.15. The molecule has 19 heavy (non-hydrogen) atoms. The Kier molecular flexibility index (Phi) is 6.35. The Hall–Kier alpha value is -1.03. The van der Waals surface area contributed by atoms with E-state index in [-0.39, 0.29) is 13.2 Å². The fourth-order valence-electron chi connectivity index (χ4n) is 1.33. The molecule has 0 N–H and O–H groups in total. The second-order valence-electron chi connectivity index (χ2n) is 3.68. The van der Waals surface area contributed by atoms with Crippen molar-refractivity contribution >= 4 is 10.1 Å². The average Bonchev–Trinajstić information content (AvgIpc) is 2.76. The molecule has 0 aromatic carbocycles. The van der Waals surface area contributed by atoms with Gasteiger partial charge in [-0.3, -0.25) is 4.18 Å². The van der Waals surface area contributed by atoms with Crippen molar-refractivity contribution in [1.29, 1.82) is 0 Å². The molecule has 1 rings (SSSR count). The first-order chi connectivity index (χ1) is 8.96. The summed E-state index contributed by atoms with van der Waals surface area (Å²) in [6, 6.07) is 0. The van der Waals surface area contributed by atoms with E-state index < -0.39 is 16.4 Å². The third kappa shape index (κ3) is 6.10. The van der Waals surface area contributed by atoms with Crippen LogP contribution in [0.4, 0.5) is 0 Å². The third-order valence-electron chi connectivity index (χ3n) is 2.05. The number of aromatic nitrogens is 3. The number of ether oxygens (including phenoxy) is 2. The summed E-state index contributed by atoms with van der Waals surface area (Å²) in [5.41, 5.74) is 0.544. The first kappa shape index (κ1) is 16.0. The van der Waals surface area contributed by atoms with Crippen LogP contribution in [0, 0.1) is 0 Å². The zero-order valence-electron chi connectivity index (χ0n) is 11.3. The van der Waals surface area contributed by atoms with Gasteiger partial charge in [-0.15, -0.1) is 5.10 Å². The molecule has 0 bridgehead atoms. The Morgan fingerprint density at radius 2 is 1.95 bits per heavy atom. The summed E-state index contributed by atoms with van der Waals surface area (Å²) < 4.78 is 38.4. The Balaban J connectivity index is 2.55. The second kappa shape index (κ2) is 7.53.